The number of anilines is 1. The van der Waals surface area contributed by atoms with Crippen LogP contribution >= 0.6 is 0 Å². The highest BCUT2D eigenvalue weighted by atomic mass is 15.0. The van der Waals surface area contributed by atoms with Crippen LogP contribution in [0.3, 0.4) is 0 Å². The van der Waals surface area contributed by atoms with Gasteiger partial charge in [-0.3, -0.25) is 0 Å². The van der Waals surface area contributed by atoms with E-state index in [4.69, 9.17) is 0 Å². The molecule has 106 valence electrons. The van der Waals surface area contributed by atoms with Gasteiger partial charge in [0, 0.05) is 18.7 Å². The van der Waals surface area contributed by atoms with Crippen molar-refractivity contribution in [3.8, 4) is 0 Å². The number of nitrogens with one attached hydrogen (secondary N) is 1. The molecule has 1 aliphatic rings. The second-order valence-electron chi connectivity index (χ2n) is 6.08. The Morgan fingerprint density at radius 3 is 2.63 bits per heavy atom. The summed E-state index contributed by atoms with van der Waals surface area (Å²) in [6.07, 6.45) is 8.18. The average molecular weight is 261 g/mol. The van der Waals surface area contributed by atoms with Gasteiger partial charge in [0.05, 0.1) is 0 Å². The molecular formula is C16H27N3. The molecule has 0 spiro atoms. The molecule has 0 aromatic carbocycles. The van der Waals surface area contributed by atoms with Crippen LogP contribution in [-0.2, 0) is 0 Å². The van der Waals surface area contributed by atoms with Gasteiger partial charge in [0.2, 0.25) is 0 Å². The molecule has 1 heterocycles. The summed E-state index contributed by atoms with van der Waals surface area (Å²) in [7, 11) is 0. The summed E-state index contributed by atoms with van der Waals surface area (Å²) in [5.41, 5.74) is 0. The van der Waals surface area contributed by atoms with E-state index in [-0.39, 0.29) is 0 Å². The minimum Gasteiger partial charge on any atom is -0.370 e. The Bertz CT molecular complexity index is 381. The topological polar surface area (TPSA) is 37.8 Å². The molecule has 1 aliphatic carbocycles. The summed E-state index contributed by atoms with van der Waals surface area (Å²) in [6.45, 7) is 7.84. The van der Waals surface area contributed by atoms with E-state index in [0.29, 0.717) is 5.92 Å². The van der Waals surface area contributed by atoms with Crippen LogP contribution < -0.4 is 5.32 Å². The molecule has 0 aliphatic heterocycles. The molecule has 1 saturated carbocycles. The lowest BCUT2D eigenvalue weighted by molar-refractivity contribution is 0.255. The zero-order valence-corrected chi connectivity index (χ0v) is 12.5. The summed E-state index contributed by atoms with van der Waals surface area (Å²) in [5.74, 6) is 4.32. The van der Waals surface area contributed by atoms with Crippen molar-refractivity contribution < 1.29 is 0 Å². The predicted octanol–water partition coefficient (Wildman–Crippen LogP) is 4.23. The first-order valence-corrected chi connectivity index (χ1v) is 7.77. The fraction of sp³-hybridized carbons (Fsp3) is 0.750. The van der Waals surface area contributed by atoms with Crippen LogP contribution in [0.25, 0.3) is 0 Å². The van der Waals surface area contributed by atoms with Crippen molar-refractivity contribution >= 4 is 5.82 Å². The lowest BCUT2D eigenvalue weighted by atomic mass is 9.77. The van der Waals surface area contributed by atoms with Crippen LogP contribution in [0.15, 0.2) is 12.3 Å². The number of hydrogen-bond acceptors (Lipinski definition) is 3. The first-order chi connectivity index (χ1) is 9.20. The van der Waals surface area contributed by atoms with Gasteiger partial charge in [-0.2, -0.15) is 0 Å². The van der Waals surface area contributed by atoms with E-state index in [9.17, 15) is 0 Å². The Morgan fingerprint density at radius 1 is 1.26 bits per heavy atom. The first kappa shape index (κ1) is 14.3. The van der Waals surface area contributed by atoms with Crippen molar-refractivity contribution in [2.45, 2.75) is 58.8 Å². The van der Waals surface area contributed by atoms with Crippen molar-refractivity contribution in [2.75, 3.05) is 11.9 Å². The Labute approximate surface area is 117 Å². The molecule has 3 heteroatoms. The average Bonchev–Trinajstić information content (AvgIpc) is 2.45. The third kappa shape index (κ3) is 3.92. The fourth-order valence-corrected chi connectivity index (χ4v) is 2.97. The van der Waals surface area contributed by atoms with E-state index in [1.165, 1.54) is 25.7 Å². The summed E-state index contributed by atoms with van der Waals surface area (Å²) < 4.78 is 0. The molecule has 0 amide bonds. The van der Waals surface area contributed by atoms with Gasteiger partial charge >= 0.3 is 0 Å². The third-order valence-electron chi connectivity index (χ3n) is 4.31. The number of aromatic nitrogens is 2. The summed E-state index contributed by atoms with van der Waals surface area (Å²) >= 11 is 0. The molecule has 0 unspecified atom stereocenters. The first-order valence-electron chi connectivity index (χ1n) is 7.77. The van der Waals surface area contributed by atoms with Crippen LogP contribution in [0.5, 0.6) is 0 Å². The highest BCUT2D eigenvalue weighted by molar-refractivity contribution is 5.33. The van der Waals surface area contributed by atoms with Gasteiger partial charge in [0.25, 0.3) is 0 Å². The largest absolute Gasteiger partial charge is 0.370 e. The maximum atomic E-state index is 4.68. The molecule has 2 rings (SSSR count). The van der Waals surface area contributed by atoms with Crippen molar-refractivity contribution in [1.29, 1.82) is 0 Å². The minimum atomic E-state index is 0.568. The van der Waals surface area contributed by atoms with E-state index < -0.39 is 0 Å². The van der Waals surface area contributed by atoms with Gasteiger partial charge in [-0.1, -0.05) is 20.8 Å². The van der Waals surface area contributed by atoms with Gasteiger partial charge in [-0.15, -0.1) is 0 Å². The molecule has 1 fully saturated rings. The lowest BCUT2D eigenvalue weighted by Crippen LogP contribution is -2.19. The predicted molar refractivity (Wildman–Crippen MR) is 80.3 cm³/mol. The van der Waals surface area contributed by atoms with E-state index >= 15 is 0 Å². The van der Waals surface area contributed by atoms with E-state index in [1.807, 2.05) is 12.3 Å². The van der Waals surface area contributed by atoms with Gasteiger partial charge in [-0.25, -0.2) is 9.97 Å². The molecular weight excluding hydrogens is 234 g/mol. The smallest absolute Gasteiger partial charge is 0.133 e. The van der Waals surface area contributed by atoms with Crippen LogP contribution in [0.1, 0.15) is 64.6 Å². The molecule has 3 nitrogen and oxygen atoms in total. The van der Waals surface area contributed by atoms with Crippen molar-refractivity contribution in [2.24, 2.45) is 11.8 Å². The highest BCUT2D eigenvalue weighted by Crippen LogP contribution is 2.37. The van der Waals surface area contributed by atoms with Crippen molar-refractivity contribution in [3.63, 3.8) is 0 Å². The van der Waals surface area contributed by atoms with Crippen LogP contribution in [0.2, 0.25) is 0 Å². The number of rotatable bonds is 5. The van der Waals surface area contributed by atoms with Crippen molar-refractivity contribution in [3.05, 3.63) is 18.1 Å². The molecule has 1 aromatic heterocycles. The second-order valence-corrected chi connectivity index (χ2v) is 6.08. The molecule has 1 N–H and O–H groups in total. The van der Waals surface area contributed by atoms with Crippen molar-refractivity contribution in [1.82, 2.24) is 9.97 Å². The van der Waals surface area contributed by atoms with Gasteiger partial charge in [0.1, 0.15) is 11.6 Å². The zero-order valence-electron chi connectivity index (χ0n) is 12.5. The van der Waals surface area contributed by atoms with E-state index in [0.717, 1.165) is 36.4 Å². The normalized spacial score (nSPS) is 23.6. The van der Waals surface area contributed by atoms with Gasteiger partial charge in [-0.05, 0) is 50.0 Å². The third-order valence-corrected chi connectivity index (χ3v) is 4.31. The molecule has 0 atom stereocenters. The number of hydrogen-bond donors (Lipinski definition) is 1. The standard InChI is InChI=1S/C16H27N3/c1-4-10-17-15-9-11-18-16(19-15)14-7-5-13(6-8-14)12(2)3/h9,11-14H,4-8,10H2,1-3H3,(H,17,18,19). The molecule has 19 heavy (non-hydrogen) atoms. The van der Waals surface area contributed by atoms with Gasteiger partial charge in [0.15, 0.2) is 0 Å². The lowest BCUT2D eigenvalue weighted by Gasteiger charge is -2.30. The molecule has 1 aromatic rings. The van der Waals surface area contributed by atoms with Gasteiger partial charge < -0.3 is 5.32 Å². The van der Waals surface area contributed by atoms with E-state index in [2.05, 4.69) is 36.1 Å². The highest BCUT2D eigenvalue weighted by Gasteiger charge is 2.25. The summed E-state index contributed by atoms with van der Waals surface area (Å²) in [6, 6.07) is 1.97. The Morgan fingerprint density at radius 2 is 2.00 bits per heavy atom. The fourth-order valence-electron chi connectivity index (χ4n) is 2.97. The summed E-state index contributed by atoms with van der Waals surface area (Å²) in [5, 5.41) is 3.35. The zero-order chi connectivity index (χ0) is 13.7. The summed E-state index contributed by atoms with van der Waals surface area (Å²) in [4.78, 5) is 9.17. The van der Waals surface area contributed by atoms with Crippen LogP contribution in [0.4, 0.5) is 5.82 Å². The Kier molecular flexibility index (Phi) is 5.17. The maximum absolute atomic E-state index is 4.68. The Balaban J connectivity index is 1.95. The second kappa shape index (κ2) is 6.88. The van der Waals surface area contributed by atoms with Crippen LogP contribution in [-0.4, -0.2) is 16.5 Å². The molecule has 0 radical (unpaired) electrons. The quantitative estimate of drug-likeness (QED) is 0.862. The Hall–Kier alpha value is -1.12. The van der Waals surface area contributed by atoms with E-state index in [1.54, 1.807) is 0 Å². The SMILES string of the molecule is CCCNc1ccnc(C2CCC(C(C)C)CC2)n1. The molecule has 0 saturated heterocycles. The van der Waals surface area contributed by atoms with Crippen LogP contribution in [0, 0.1) is 11.8 Å². The minimum absolute atomic E-state index is 0.568. The maximum Gasteiger partial charge on any atom is 0.133 e. The monoisotopic (exact) mass is 261 g/mol. The number of nitrogens with zero attached hydrogens (tertiary/aromatic N) is 2. The molecule has 0 bridgehead atoms.